The Hall–Kier alpha value is -0.950. The zero-order valence-electron chi connectivity index (χ0n) is 11.4. The Labute approximate surface area is 135 Å². The molecular formula is C13H19Cl2F2N3O. The van der Waals surface area contributed by atoms with E-state index in [1.165, 1.54) is 0 Å². The van der Waals surface area contributed by atoms with Crippen LogP contribution in [0.15, 0.2) is 18.2 Å². The van der Waals surface area contributed by atoms with E-state index in [2.05, 4.69) is 15.5 Å². The molecule has 0 radical (unpaired) electrons. The third kappa shape index (κ3) is 7.04. The first-order chi connectivity index (χ1) is 9.13. The summed E-state index contributed by atoms with van der Waals surface area (Å²) in [5.41, 5.74) is 0.155. The van der Waals surface area contributed by atoms with Crippen molar-refractivity contribution in [2.45, 2.75) is 6.42 Å². The van der Waals surface area contributed by atoms with E-state index >= 15 is 0 Å². The van der Waals surface area contributed by atoms with Crippen LogP contribution in [0.2, 0.25) is 0 Å². The fourth-order valence-electron chi connectivity index (χ4n) is 2.04. The van der Waals surface area contributed by atoms with E-state index in [0.29, 0.717) is 13.0 Å². The van der Waals surface area contributed by atoms with Crippen LogP contribution in [0.4, 0.5) is 14.5 Å². The van der Waals surface area contributed by atoms with Gasteiger partial charge in [0.2, 0.25) is 5.91 Å². The minimum Gasteiger partial charge on any atom is -0.326 e. The summed E-state index contributed by atoms with van der Waals surface area (Å²) in [6.45, 7) is 4.35. The number of nitrogens with zero attached hydrogens (tertiary/aromatic N) is 1. The summed E-state index contributed by atoms with van der Waals surface area (Å²) in [4.78, 5) is 13.9. The monoisotopic (exact) mass is 341 g/mol. The van der Waals surface area contributed by atoms with Crippen LogP contribution in [0.1, 0.15) is 6.42 Å². The second kappa shape index (κ2) is 9.89. The van der Waals surface area contributed by atoms with Crippen LogP contribution in [-0.4, -0.2) is 43.5 Å². The fourth-order valence-corrected chi connectivity index (χ4v) is 2.04. The van der Waals surface area contributed by atoms with Crippen LogP contribution >= 0.6 is 24.8 Å². The first-order valence-electron chi connectivity index (χ1n) is 6.32. The second-order valence-corrected chi connectivity index (χ2v) is 4.55. The maximum absolute atomic E-state index is 12.9. The minimum atomic E-state index is -0.697. The summed E-state index contributed by atoms with van der Waals surface area (Å²) < 4.78 is 25.9. The Morgan fingerprint density at radius 1 is 1.14 bits per heavy atom. The highest BCUT2D eigenvalue weighted by Gasteiger charge is 2.11. The van der Waals surface area contributed by atoms with Gasteiger partial charge in [-0.15, -0.1) is 24.8 Å². The Morgan fingerprint density at radius 2 is 1.71 bits per heavy atom. The number of nitrogens with one attached hydrogen (secondary N) is 2. The molecule has 0 aliphatic carbocycles. The zero-order chi connectivity index (χ0) is 13.7. The van der Waals surface area contributed by atoms with E-state index in [4.69, 9.17) is 0 Å². The van der Waals surface area contributed by atoms with Crippen LogP contribution < -0.4 is 10.6 Å². The van der Waals surface area contributed by atoms with E-state index < -0.39 is 11.6 Å². The lowest BCUT2D eigenvalue weighted by Gasteiger charge is -2.26. The molecule has 1 aliphatic heterocycles. The van der Waals surface area contributed by atoms with Crippen LogP contribution in [0, 0.1) is 11.6 Å². The molecule has 4 nitrogen and oxygen atoms in total. The maximum Gasteiger partial charge on any atom is 0.225 e. The maximum atomic E-state index is 12.9. The van der Waals surface area contributed by atoms with E-state index in [1.807, 2.05) is 0 Å². The van der Waals surface area contributed by atoms with Gasteiger partial charge in [-0.1, -0.05) is 0 Å². The minimum absolute atomic E-state index is 0. The molecule has 0 unspecified atom stereocenters. The zero-order valence-corrected chi connectivity index (χ0v) is 13.0. The highest BCUT2D eigenvalue weighted by molar-refractivity contribution is 5.90. The lowest BCUT2D eigenvalue weighted by Crippen LogP contribution is -2.44. The number of halogens is 4. The average Bonchev–Trinajstić information content (AvgIpc) is 2.36. The number of carbonyl (C=O) groups excluding carboxylic acids is 1. The van der Waals surface area contributed by atoms with Crippen molar-refractivity contribution in [3.8, 4) is 0 Å². The molecule has 0 spiro atoms. The second-order valence-electron chi connectivity index (χ2n) is 4.55. The van der Waals surface area contributed by atoms with E-state index in [9.17, 15) is 13.6 Å². The van der Waals surface area contributed by atoms with Crippen LogP contribution in [-0.2, 0) is 4.79 Å². The van der Waals surface area contributed by atoms with Crippen molar-refractivity contribution >= 4 is 36.4 Å². The quantitative estimate of drug-likeness (QED) is 0.880. The normalized spacial score (nSPS) is 14.8. The van der Waals surface area contributed by atoms with Gasteiger partial charge in [-0.3, -0.25) is 4.79 Å². The molecule has 1 amide bonds. The van der Waals surface area contributed by atoms with Crippen molar-refractivity contribution in [3.63, 3.8) is 0 Å². The predicted octanol–water partition coefficient (Wildman–Crippen LogP) is 2.04. The molecule has 120 valence electrons. The van der Waals surface area contributed by atoms with Crippen molar-refractivity contribution < 1.29 is 13.6 Å². The Bertz CT molecular complexity index is 437. The molecule has 1 aromatic carbocycles. The van der Waals surface area contributed by atoms with Crippen LogP contribution in [0.25, 0.3) is 0 Å². The third-order valence-corrected chi connectivity index (χ3v) is 3.01. The average molecular weight is 342 g/mol. The van der Waals surface area contributed by atoms with Gasteiger partial charge in [0.25, 0.3) is 0 Å². The number of amides is 1. The standard InChI is InChI=1S/C13H17F2N3O.2ClH/c14-10-7-11(15)9-12(8-10)17-13(19)1-4-18-5-2-16-3-6-18;;/h7-9,16H,1-6H2,(H,17,19);2*1H. The van der Waals surface area contributed by atoms with Crippen LogP contribution in [0.5, 0.6) is 0 Å². The number of hydrogen-bond donors (Lipinski definition) is 2. The Balaban J connectivity index is 0.00000200. The molecule has 1 aliphatic rings. The number of carbonyl (C=O) groups is 1. The van der Waals surface area contributed by atoms with Gasteiger partial charge in [0.05, 0.1) is 0 Å². The molecule has 8 heteroatoms. The van der Waals surface area contributed by atoms with E-state index in [-0.39, 0.29) is 36.4 Å². The summed E-state index contributed by atoms with van der Waals surface area (Å²) in [7, 11) is 0. The summed E-state index contributed by atoms with van der Waals surface area (Å²) in [6, 6.07) is 2.98. The lowest BCUT2D eigenvalue weighted by molar-refractivity contribution is -0.116. The number of rotatable bonds is 4. The van der Waals surface area contributed by atoms with Crippen molar-refractivity contribution in [2.24, 2.45) is 0 Å². The lowest BCUT2D eigenvalue weighted by atomic mass is 10.2. The summed E-state index contributed by atoms with van der Waals surface area (Å²) in [6.07, 6.45) is 0.318. The fraction of sp³-hybridized carbons (Fsp3) is 0.462. The third-order valence-electron chi connectivity index (χ3n) is 3.01. The van der Waals surface area contributed by atoms with Gasteiger partial charge in [0.1, 0.15) is 11.6 Å². The molecule has 0 atom stereocenters. The van der Waals surface area contributed by atoms with Gasteiger partial charge < -0.3 is 15.5 Å². The molecule has 1 aromatic rings. The summed E-state index contributed by atoms with van der Waals surface area (Å²) >= 11 is 0. The summed E-state index contributed by atoms with van der Waals surface area (Å²) in [5.74, 6) is -1.63. The molecule has 2 N–H and O–H groups in total. The topological polar surface area (TPSA) is 44.4 Å². The van der Waals surface area contributed by atoms with Gasteiger partial charge in [0, 0.05) is 50.9 Å². The number of benzene rings is 1. The Kier molecular flexibility index (Phi) is 9.44. The molecule has 21 heavy (non-hydrogen) atoms. The molecule has 0 bridgehead atoms. The Morgan fingerprint density at radius 3 is 2.29 bits per heavy atom. The van der Waals surface area contributed by atoms with Crippen molar-refractivity contribution in [1.29, 1.82) is 0 Å². The SMILES string of the molecule is Cl.Cl.O=C(CCN1CCNCC1)Nc1cc(F)cc(F)c1. The summed E-state index contributed by atoms with van der Waals surface area (Å²) in [5, 5.41) is 5.73. The van der Waals surface area contributed by atoms with Crippen molar-refractivity contribution in [2.75, 3.05) is 38.0 Å². The first-order valence-corrected chi connectivity index (χ1v) is 6.32. The molecule has 0 saturated carbocycles. The highest BCUT2D eigenvalue weighted by atomic mass is 35.5. The number of anilines is 1. The molecule has 2 rings (SSSR count). The number of hydrogen-bond acceptors (Lipinski definition) is 3. The van der Waals surface area contributed by atoms with Gasteiger partial charge in [-0.05, 0) is 12.1 Å². The van der Waals surface area contributed by atoms with Gasteiger partial charge in [0.15, 0.2) is 0 Å². The van der Waals surface area contributed by atoms with Crippen molar-refractivity contribution in [3.05, 3.63) is 29.8 Å². The van der Waals surface area contributed by atoms with Gasteiger partial charge in [-0.2, -0.15) is 0 Å². The van der Waals surface area contributed by atoms with Crippen molar-refractivity contribution in [1.82, 2.24) is 10.2 Å². The van der Waals surface area contributed by atoms with Gasteiger partial charge >= 0.3 is 0 Å². The molecule has 1 saturated heterocycles. The predicted molar refractivity (Wildman–Crippen MR) is 83.4 cm³/mol. The smallest absolute Gasteiger partial charge is 0.225 e. The van der Waals surface area contributed by atoms with E-state index in [1.54, 1.807) is 0 Å². The molecular weight excluding hydrogens is 323 g/mol. The van der Waals surface area contributed by atoms with Gasteiger partial charge in [-0.25, -0.2) is 8.78 Å². The van der Waals surface area contributed by atoms with E-state index in [0.717, 1.165) is 44.4 Å². The molecule has 0 aromatic heterocycles. The largest absolute Gasteiger partial charge is 0.326 e. The molecule has 1 fully saturated rings. The highest BCUT2D eigenvalue weighted by Crippen LogP contribution is 2.13. The number of piperazine rings is 1. The first kappa shape index (κ1) is 20.1. The molecule has 1 heterocycles. The van der Waals surface area contributed by atoms with Crippen LogP contribution in [0.3, 0.4) is 0 Å².